The molecule has 0 aliphatic carbocycles. The summed E-state index contributed by atoms with van der Waals surface area (Å²) in [5.74, 6) is 2.64. The van der Waals surface area contributed by atoms with Gasteiger partial charge in [0.25, 0.3) is 0 Å². The first kappa shape index (κ1) is 20.1. The predicted molar refractivity (Wildman–Crippen MR) is 117 cm³/mol. The Kier molecular flexibility index (Phi) is 5.53. The lowest BCUT2D eigenvalue weighted by Gasteiger charge is -2.35. The maximum atomic E-state index is 12.7. The molecule has 0 radical (unpaired) electrons. The minimum absolute atomic E-state index is 0.185. The van der Waals surface area contributed by atoms with E-state index in [-0.39, 0.29) is 5.91 Å². The molecule has 3 aromatic rings. The Morgan fingerprint density at radius 2 is 1.70 bits per heavy atom. The van der Waals surface area contributed by atoms with Crippen molar-refractivity contribution in [3.63, 3.8) is 0 Å². The summed E-state index contributed by atoms with van der Waals surface area (Å²) in [6, 6.07) is 10.2. The molecular formula is C23H28N6O. The fraction of sp³-hybridized carbons (Fsp3) is 0.391. The minimum atomic E-state index is 0.185. The number of hydrogen-bond acceptors (Lipinski definition) is 5. The molecule has 0 spiro atoms. The Hall–Kier alpha value is -3.22. The van der Waals surface area contributed by atoms with Crippen LogP contribution in [0.3, 0.4) is 0 Å². The van der Waals surface area contributed by atoms with Gasteiger partial charge in [-0.05, 0) is 33.3 Å². The fourth-order valence-electron chi connectivity index (χ4n) is 3.85. The summed E-state index contributed by atoms with van der Waals surface area (Å²) in [5, 5.41) is 0. The van der Waals surface area contributed by atoms with Crippen LogP contribution in [0.2, 0.25) is 0 Å². The molecule has 30 heavy (non-hydrogen) atoms. The van der Waals surface area contributed by atoms with E-state index in [1.165, 1.54) is 5.56 Å². The molecule has 1 aromatic carbocycles. The van der Waals surface area contributed by atoms with Crippen LogP contribution >= 0.6 is 0 Å². The van der Waals surface area contributed by atoms with E-state index in [1.54, 1.807) is 6.33 Å². The number of aromatic nitrogens is 4. The Morgan fingerprint density at radius 3 is 2.37 bits per heavy atom. The molecule has 4 rings (SSSR count). The number of amides is 1. The second kappa shape index (κ2) is 8.26. The van der Waals surface area contributed by atoms with Gasteiger partial charge in [0.15, 0.2) is 0 Å². The lowest BCUT2D eigenvalue weighted by atomic mass is 10.1. The molecule has 156 valence electrons. The van der Waals surface area contributed by atoms with Crippen molar-refractivity contribution >= 4 is 11.7 Å². The molecule has 7 heteroatoms. The molecule has 1 saturated heterocycles. The average Bonchev–Trinajstić information content (AvgIpc) is 3.06. The van der Waals surface area contributed by atoms with Gasteiger partial charge in [0, 0.05) is 37.9 Å². The number of imidazole rings is 1. The van der Waals surface area contributed by atoms with Gasteiger partial charge in [-0.3, -0.25) is 9.36 Å². The van der Waals surface area contributed by atoms with Crippen LogP contribution in [0.5, 0.6) is 0 Å². The molecule has 1 fully saturated rings. The molecule has 0 unspecified atom stereocenters. The highest BCUT2D eigenvalue weighted by Crippen LogP contribution is 2.20. The number of carbonyl (C=O) groups is 1. The van der Waals surface area contributed by atoms with Gasteiger partial charge in [-0.15, -0.1) is 0 Å². The molecule has 2 aromatic heterocycles. The summed E-state index contributed by atoms with van der Waals surface area (Å²) in [6.07, 6.45) is 2.26. The maximum Gasteiger partial charge on any atom is 0.227 e. The number of carbonyl (C=O) groups excluding carboxylic acids is 1. The van der Waals surface area contributed by atoms with Crippen LogP contribution in [0.4, 0.5) is 5.82 Å². The molecule has 1 aliphatic heterocycles. The van der Waals surface area contributed by atoms with Crippen LogP contribution in [-0.2, 0) is 11.2 Å². The van der Waals surface area contributed by atoms with Gasteiger partial charge in [-0.25, -0.2) is 15.0 Å². The van der Waals surface area contributed by atoms with Crippen molar-refractivity contribution in [1.29, 1.82) is 0 Å². The summed E-state index contributed by atoms with van der Waals surface area (Å²) >= 11 is 0. The van der Waals surface area contributed by atoms with Crippen molar-refractivity contribution in [2.24, 2.45) is 0 Å². The Bertz CT molecular complexity index is 1070. The van der Waals surface area contributed by atoms with Crippen molar-refractivity contribution in [2.45, 2.75) is 34.1 Å². The number of benzene rings is 1. The van der Waals surface area contributed by atoms with E-state index in [0.29, 0.717) is 19.5 Å². The molecule has 1 amide bonds. The molecule has 3 heterocycles. The predicted octanol–water partition coefficient (Wildman–Crippen LogP) is 2.79. The van der Waals surface area contributed by atoms with Crippen LogP contribution in [0.15, 0.2) is 36.7 Å². The average molecular weight is 405 g/mol. The molecular weight excluding hydrogens is 376 g/mol. The van der Waals surface area contributed by atoms with E-state index < -0.39 is 0 Å². The van der Waals surface area contributed by atoms with E-state index in [1.807, 2.05) is 48.4 Å². The summed E-state index contributed by atoms with van der Waals surface area (Å²) in [7, 11) is 0. The van der Waals surface area contributed by atoms with Gasteiger partial charge in [0.05, 0.1) is 12.1 Å². The highest BCUT2D eigenvalue weighted by Gasteiger charge is 2.23. The highest BCUT2D eigenvalue weighted by atomic mass is 16.2. The third-order valence-corrected chi connectivity index (χ3v) is 5.70. The minimum Gasteiger partial charge on any atom is -0.353 e. The highest BCUT2D eigenvalue weighted by molar-refractivity contribution is 5.79. The lowest BCUT2D eigenvalue weighted by Crippen LogP contribution is -2.49. The number of rotatable bonds is 4. The molecule has 0 N–H and O–H groups in total. The van der Waals surface area contributed by atoms with E-state index in [2.05, 4.69) is 38.9 Å². The third-order valence-electron chi connectivity index (χ3n) is 5.70. The Morgan fingerprint density at radius 1 is 0.967 bits per heavy atom. The molecule has 7 nitrogen and oxygen atoms in total. The number of anilines is 1. The zero-order valence-electron chi connectivity index (χ0n) is 18.1. The topological polar surface area (TPSA) is 67.2 Å². The van der Waals surface area contributed by atoms with Gasteiger partial charge in [-0.1, -0.05) is 29.8 Å². The summed E-state index contributed by atoms with van der Waals surface area (Å²) in [4.78, 5) is 30.5. The number of hydrogen-bond donors (Lipinski definition) is 0. The number of piperazine rings is 1. The molecule has 1 aliphatic rings. The summed E-state index contributed by atoms with van der Waals surface area (Å²) in [5.41, 5.74) is 4.33. The maximum absolute atomic E-state index is 12.7. The summed E-state index contributed by atoms with van der Waals surface area (Å²) < 4.78 is 2.00. The normalized spacial score (nSPS) is 14.3. The van der Waals surface area contributed by atoms with Crippen LogP contribution in [0, 0.1) is 27.7 Å². The summed E-state index contributed by atoms with van der Waals surface area (Å²) in [6.45, 7) is 10.9. The van der Waals surface area contributed by atoms with E-state index in [0.717, 1.165) is 47.5 Å². The first-order valence-electron chi connectivity index (χ1n) is 10.4. The first-order chi connectivity index (χ1) is 14.4. The Labute approximate surface area is 177 Å². The second-order valence-electron chi connectivity index (χ2n) is 7.95. The Balaban J connectivity index is 1.44. The van der Waals surface area contributed by atoms with Gasteiger partial charge >= 0.3 is 0 Å². The zero-order chi connectivity index (χ0) is 21.3. The fourth-order valence-corrected chi connectivity index (χ4v) is 3.85. The first-order valence-corrected chi connectivity index (χ1v) is 10.4. The molecule has 0 atom stereocenters. The van der Waals surface area contributed by atoms with Crippen LogP contribution in [0.25, 0.3) is 5.82 Å². The molecule has 0 bridgehead atoms. The zero-order valence-corrected chi connectivity index (χ0v) is 18.1. The van der Waals surface area contributed by atoms with E-state index in [4.69, 9.17) is 0 Å². The van der Waals surface area contributed by atoms with E-state index >= 15 is 0 Å². The second-order valence-corrected chi connectivity index (χ2v) is 7.95. The van der Waals surface area contributed by atoms with E-state index in [9.17, 15) is 4.79 Å². The van der Waals surface area contributed by atoms with Gasteiger partial charge in [0.2, 0.25) is 5.91 Å². The largest absolute Gasteiger partial charge is 0.353 e. The molecule has 0 saturated carbocycles. The van der Waals surface area contributed by atoms with Crippen molar-refractivity contribution < 1.29 is 4.79 Å². The number of aryl methyl sites for hydroxylation is 3. The van der Waals surface area contributed by atoms with Crippen molar-refractivity contribution in [2.75, 3.05) is 31.1 Å². The third kappa shape index (κ3) is 4.20. The standard InChI is InChI=1S/C23H28N6O/c1-16-6-5-7-20(12-16)13-23(30)28-10-8-27(9-11-28)21-14-22(26-19(4)25-21)29-15-24-17(2)18(29)3/h5-7,12,14-15H,8-11,13H2,1-4H3. The van der Waals surface area contributed by atoms with Gasteiger partial charge in [-0.2, -0.15) is 0 Å². The monoisotopic (exact) mass is 404 g/mol. The smallest absolute Gasteiger partial charge is 0.227 e. The quantitative estimate of drug-likeness (QED) is 0.669. The number of nitrogens with zero attached hydrogens (tertiary/aromatic N) is 6. The van der Waals surface area contributed by atoms with Crippen LogP contribution < -0.4 is 4.90 Å². The van der Waals surface area contributed by atoms with Crippen molar-refractivity contribution in [3.8, 4) is 5.82 Å². The van der Waals surface area contributed by atoms with Crippen molar-refractivity contribution in [3.05, 3.63) is 65.0 Å². The van der Waals surface area contributed by atoms with Gasteiger partial charge in [0.1, 0.15) is 23.8 Å². The van der Waals surface area contributed by atoms with Crippen molar-refractivity contribution in [1.82, 2.24) is 24.4 Å². The van der Waals surface area contributed by atoms with Gasteiger partial charge < -0.3 is 9.80 Å². The lowest BCUT2D eigenvalue weighted by molar-refractivity contribution is -0.130. The van der Waals surface area contributed by atoms with Crippen LogP contribution in [-0.4, -0.2) is 56.5 Å². The van der Waals surface area contributed by atoms with Crippen LogP contribution in [0.1, 0.15) is 28.3 Å². The SMILES string of the molecule is Cc1cccc(CC(=O)N2CCN(c3cc(-n4cnc(C)c4C)nc(C)n3)CC2)c1.